The van der Waals surface area contributed by atoms with E-state index in [1.54, 1.807) is 12.4 Å². The van der Waals surface area contributed by atoms with Gasteiger partial charge in [-0.3, -0.25) is 0 Å². The van der Waals surface area contributed by atoms with E-state index in [4.69, 9.17) is 10.5 Å². The molecule has 0 bridgehead atoms. The fourth-order valence-electron chi connectivity index (χ4n) is 3.55. The number of hydrogen-bond donors (Lipinski definition) is 2. The summed E-state index contributed by atoms with van der Waals surface area (Å²) in [5.41, 5.74) is 8.68. The fraction of sp³-hybridized carbons (Fsp3) is 0.400. The second-order valence-corrected chi connectivity index (χ2v) is 6.83. The monoisotopic (exact) mass is 364 g/mol. The SMILES string of the molecule is CCOc1ncc(-c2ccc3nc(N)nc(NC4CCCCC4)c3c2)cn1. The van der Waals surface area contributed by atoms with Crippen molar-refractivity contribution in [1.82, 2.24) is 19.9 Å². The smallest absolute Gasteiger partial charge is 0.316 e. The van der Waals surface area contributed by atoms with Crippen molar-refractivity contribution in [1.29, 1.82) is 0 Å². The Morgan fingerprint density at radius 1 is 1.07 bits per heavy atom. The molecule has 7 heteroatoms. The Morgan fingerprint density at radius 2 is 1.85 bits per heavy atom. The van der Waals surface area contributed by atoms with Gasteiger partial charge in [0.25, 0.3) is 0 Å². The van der Waals surface area contributed by atoms with E-state index in [0.717, 1.165) is 40.7 Å². The Kier molecular flexibility index (Phi) is 5.00. The molecule has 4 rings (SSSR count). The number of rotatable bonds is 5. The maximum absolute atomic E-state index is 5.93. The Morgan fingerprint density at radius 3 is 2.59 bits per heavy atom. The number of nitrogen functional groups attached to an aromatic ring is 1. The molecule has 1 aliphatic rings. The van der Waals surface area contributed by atoms with Crippen molar-refractivity contribution in [3.63, 3.8) is 0 Å². The van der Waals surface area contributed by atoms with E-state index >= 15 is 0 Å². The van der Waals surface area contributed by atoms with Crippen LogP contribution in [0.5, 0.6) is 6.01 Å². The van der Waals surface area contributed by atoms with Crippen LogP contribution in [0, 0.1) is 0 Å². The van der Waals surface area contributed by atoms with Crippen LogP contribution in [0.2, 0.25) is 0 Å². The minimum atomic E-state index is 0.290. The Balaban J connectivity index is 1.69. The number of nitrogens with one attached hydrogen (secondary N) is 1. The van der Waals surface area contributed by atoms with E-state index in [1.807, 2.05) is 19.1 Å². The third-order valence-electron chi connectivity index (χ3n) is 4.89. The van der Waals surface area contributed by atoms with Crippen molar-refractivity contribution >= 4 is 22.7 Å². The van der Waals surface area contributed by atoms with Crippen LogP contribution < -0.4 is 15.8 Å². The highest BCUT2D eigenvalue weighted by Crippen LogP contribution is 2.30. The van der Waals surface area contributed by atoms with Crippen LogP contribution in [0.1, 0.15) is 39.0 Å². The number of fused-ring (bicyclic) bond motifs is 1. The molecule has 1 aliphatic carbocycles. The normalized spacial score (nSPS) is 15.0. The lowest BCUT2D eigenvalue weighted by molar-refractivity contribution is 0.312. The van der Waals surface area contributed by atoms with Gasteiger partial charge in [0.15, 0.2) is 0 Å². The minimum Gasteiger partial charge on any atom is -0.464 e. The predicted molar refractivity (Wildman–Crippen MR) is 107 cm³/mol. The Labute approximate surface area is 158 Å². The molecule has 1 saturated carbocycles. The van der Waals surface area contributed by atoms with Crippen molar-refractivity contribution < 1.29 is 4.74 Å². The lowest BCUT2D eigenvalue weighted by atomic mass is 9.95. The Hall–Kier alpha value is -2.96. The van der Waals surface area contributed by atoms with E-state index in [1.165, 1.54) is 19.3 Å². The molecule has 0 radical (unpaired) electrons. The van der Waals surface area contributed by atoms with Crippen molar-refractivity contribution in [2.75, 3.05) is 17.7 Å². The van der Waals surface area contributed by atoms with Crippen LogP contribution in [-0.2, 0) is 0 Å². The van der Waals surface area contributed by atoms with Crippen LogP contribution >= 0.6 is 0 Å². The number of nitrogens with two attached hydrogens (primary N) is 1. The van der Waals surface area contributed by atoms with Gasteiger partial charge in [-0.05, 0) is 37.5 Å². The molecule has 7 nitrogen and oxygen atoms in total. The number of ether oxygens (including phenoxy) is 1. The maximum atomic E-state index is 5.93. The molecule has 140 valence electrons. The summed E-state index contributed by atoms with van der Waals surface area (Å²) >= 11 is 0. The summed E-state index contributed by atoms with van der Waals surface area (Å²) in [7, 11) is 0. The van der Waals surface area contributed by atoms with Crippen molar-refractivity contribution in [2.24, 2.45) is 0 Å². The van der Waals surface area contributed by atoms with E-state index in [2.05, 4.69) is 31.3 Å². The molecule has 2 heterocycles. The van der Waals surface area contributed by atoms with E-state index in [0.29, 0.717) is 18.7 Å². The van der Waals surface area contributed by atoms with Crippen LogP contribution in [0.3, 0.4) is 0 Å². The third-order valence-corrected chi connectivity index (χ3v) is 4.89. The fourth-order valence-corrected chi connectivity index (χ4v) is 3.55. The first-order valence-corrected chi connectivity index (χ1v) is 9.52. The molecule has 3 N–H and O–H groups in total. The number of nitrogens with zero attached hydrogens (tertiary/aromatic N) is 4. The van der Waals surface area contributed by atoms with Crippen molar-refractivity contribution in [2.45, 2.75) is 45.1 Å². The molecule has 3 aromatic rings. The van der Waals surface area contributed by atoms with Crippen LogP contribution in [-0.4, -0.2) is 32.6 Å². The summed E-state index contributed by atoms with van der Waals surface area (Å²) < 4.78 is 5.32. The first-order valence-electron chi connectivity index (χ1n) is 9.52. The lowest BCUT2D eigenvalue weighted by Crippen LogP contribution is -2.23. The van der Waals surface area contributed by atoms with Gasteiger partial charge in [0.05, 0.1) is 12.1 Å². The molecule has 27 heavy (non-hydrogen) atoms. The molecular formula is C20H24N6O. The van der Waals surface area contributed by atoms with Crippen molar-refractivity contribution in [3.05, 3.63) is 30.6 Å². The topological polar surface area (TPSA) is 98.8 Å². The van der Waals surface area contributed by atoms with Gasteiger partial charge in [0.1, 0.15) is 5.82 Å². The zero-order valence-electron chi connectivity index (χ0n) is 15.5. The Bertz CT molecular complexity index is 922. The maximum Gasteiger partial charge on any atom is 0.316 e. The highest BCUT2D eigenvalue weighted by molar-refractivity contribution is 5.93. The molecule has 2 aromatic heterocycles. The molecule has 1 aromatic carbocycles. The number of hydrogen-bond acceptors (Lipinski definition) is 7. The predicted octanol–water partition coefficient (Wildman–Crippen LogP) is 3.81. The van der Waals surface area contributed by atoms with E-state index in [9.17, 15) is 0 Å². The quantitative estimate of drug-likeness (QED) is 0.710. The van der Waals surface area contributed by atoms with Crippen LogP contribution in [0.15, 0.2) is 30.6 Å². The molecule has 0 amide bonds. The highest BCUT2D eigenvalue weighted by atomic mass is 16.5. The standard InChI is InChI=1S/C20H24N6O/c1-2-27-20-22-11-14(12-23-20)13-8-9-17-16(10-13)18(26-19(21)25-17)24-15-6-4-3-5-7-15/h8-12,15H,2-7H2,1H3,(H3,21,24,25,26). The zero-order chi connectivity index (χ0) is 18.6. The molecular weight excluding hydrogens is 340 g/mol. The summed E-state index contributed by atoms with van der Waals surface area (Å²) in [6.45, 7) is 2.46. The summed E-state index contributed by atoms with van der Waals surface area (Å²) in [4.78, 5) is 17.4. The summed E-state index contributed by atoms with van der Waals surface area (Å²) in [5.74, 6) is 1.09. The number of aromatic nitrogens is 4. The van der Waals surface area contributed by atoms with Gasteiger partial charge >= 0.3 is 6.01 Å². The molecule has 0 spiro atoms. The van der Waals surface area contributed by atoms with Gasteiger partial charge in [-0.1, -0.05) is 25.3 Å². The summed E-state index contributed by atoms with van der Waals surface area (Å²) in [6.07, 6.45) is 9.69. The van der Waals surface area contributed by atoms with Gasteiger partial charge in [-0.15, -0.1) is 0 Å². The van der Waals surface area contributed by atoms with Crippen molar-refractivity contribution in [3.8, 4) is 17.1 Å². The van der Waals surface area contributed by atoms with Gasteiger partial charge in [0, 0.05) is 29.4 Å². The summed E-state index contributed by atoms with van der Waals surface area (Å²) in [6, 6.07) is 6.86. The average molecular weight is 364 g/mol. The molecule has 0 unspecified atom stereocenters. The third kappa shape index (κ3) is 3.92. The van der Waals surface area contributed by atoms with Gasteiger partial charge in [-0.25, -0.2) is 15.0 Å². The molecule has 0 saturated heterocycles. The van der Waals surface area contributed by atoms with Gasteiger partial charge < -0.3 is 15.8 Å². The van der Waals surface area contributed by atoms with E-state index in [-0.39, 0.29) is 5.95 Å². The average Bonchev–Trinajstić information content (AvgIpc) is 2.69. The number of benzene rings is 1. The van der Waals surface area contributed by atoms with E-state index < -0.39 is 0 Å². The lowest BCUT2D eigenvalue weighted by Gasteiger charge is -2.24. The minimum absolute atomic E-state index is 0.290. The highest BCUT2D eigenvalue weighted by Gasteiger charge is 2.16. The zero-order valence-corrected chi connectivity index (χ0v) is 15.5. The summed E-state index contributed by atoms with van der Waals surface area (Å²) in [5, 5.41) is 4.55. The van der Waals surface area contributed by atoms with Gasteiger partial charge in [-0.2, -0.15) is 4.98 Å². The molecule has 0 aliphatic heterocycles. The first kappa shape index (κ1) is 17.5. The largest absolute Gasteiger partial charge is 0.464 e. The van der Waals surface area contributed by atoms with Gasteiger partial charge in [0.2, 0.25) is 5.95 Å². The second kappa shape index (κ2) is 7.73. The molecule has 0 atom stereocenters. The number of anilines is 2. The van der Waals surface area contributed by atoms with Crippen LogP contribution in [0.25, 0.3) is 22.0 Å². The first-order chi connectivity index (χ1) is 13.2. The molecule has 1 fully saturated rings. The second-order valence-electron chi connectivity index (χ2n) is 6.83. The van der Waals surface area contributed by atoms with Crippen LogP contribution in [0.4, 0.5) is 11.8 Å².